The third kappa shape index (κ3) is 2.74. The molecule has 0 unspecified atom stereocenters. The van der Waals surface area contributed by atoms with Gasteiger partial charge in [-0.3, -0.25) is 19.7 Å². The SMILES string of the molecule is CC(=O)c1ccc(C(=O)NC(=O)c2ccccc2N)[nH]1. The van der Waals surface area contributed by atoms with Gasteiger partial charge in [0.25, 0.3) is 11.8 Å². The van der Waals surface area contributed by atoms with E-state index < -0.39 is 11.8 Å². The molecular weight excluding hydrogens is 258 g/mol. The van der Waals surface area contributed by atoms with Gasteiger partial charge in [-0.1, -0.05) is 12.1 Å². The van der Waals surface area contributed by atoms with Crippen LogP contribution < -0.4 is 11.1 Å². The van der Waals surface area contributed by atoms with Crippen molar-refractivity contribution in [2.45, 2.75) is 6.92 Å². The van der Waals surface area contributed by atoms with Crippen molar-refractivity contribution in [2.75, 3.05) is 5.73 Å². The molecule has 1 aromatic heterocycles. The lowest BCUT2D eigenvalue weighted by Crippen LogP contribution is -2.31. The molecule has 6 nitrogen and oxygen atoms in total. The van der Waals surface area contributed by atoms with E-state index in [1.54, 1.807) is 18.2 Å². The fourth-order valence-corrected chi connectivity index (χ4v) is 1.67. The molecule has 0 aliphatic heterocycles. The number of carbonyl (C=O) groups is 3. The molecule has 1 heterocycles. The van der Waals surface area contributed by atoms with E-state index in [1.165, 1.54) is 25.1 Å². The van der Waals surface area contributed by atoms with E-state index in [2.05, 4.69) is 10.3 Å². The van der Waals surface area contributed by atoms with Gasteiger partial charge in [-0.05, 0) is 24.3 Å². The van der Waals surface area contributed by atoms with Gasteiger partial charge in [0.15, 0.2) is 5.78 Å². The monoisotopic (exact) mass is 271 g/mol. The average molecular weight is 271 g/mol. The lowest BCUT2D eigenvalue weighted by atomic mass is 10.1. The van der Waals surface area contributed by atoms with Crippen LogP contribution in [0.25, 0.3) is 0 Å². The maximum atomic E-state index is 11.9. The molecule has 0 atom stereocenters. The number of imide groups is 1. The topological polar surface area (TPSA) is 105 Å². The van der Waals surface area contributed by atoms with Crippen molar-refractivity contribution in [3.63, 3.8) is 0 Å². The number of H-pyrrole nitrogens is 1. The molecule has 2 amide bonds. The molecule has 6 heteroatoms. The van der Waals surface area contributed by atoms with Crippen LogP contribution in [0.15, 0.2) is 36.4 Å². The van der Waals surface area contributed by atoms with Crippen molar-refractivity contribution in [3.8, 4) is 0 Å². The molecule has 0 saturated heterocycles. The maximum absolute atomic E-state index is 11.9. The quantitative estimate of drug-likeness (QED) is 0.445. The molecule has 2 aromatic rings. The van der Waals surface area contributed by atoms with E-state index in [0.29, 0.717) is 5.69 Å². The molecule has 0 saturated carbocycles. The van der Waals surface area contributed by atoms with Gasteiger partial charge in [0.2, 0.25) is 0 Å². The van der Waals surface area contributed by atoms with E-state index in [-0.39, 0.29) is 22.7 Å². The number of ketones is 1. The molecule has 1 aromatic carbocycles. The molecular formula is C14H13N3O3. The number of Topliss-reactive ketones (excluding diaryl/α,β-unsaturated/α-hetero) is 1. The lowest BCUT2D eigenvalue weighted by Gasteiger charge is -2.05. The summed E-state index contributed by atoms with van der Waals surface area (Å²) >= 11 is 0. The first-order valence-electron chi connectivity index (χ1n) is 5.89. The standard InChI is InChI=1S/C14H13N3O3/c1-8(18)11-6-7-12(16-11)14(20)17-13(19)9-4-2-3-5-10(9)15/h2-7,16H,15H2,1H3,(H,17,19,20). The van der Waals surface area contributed by atoms with Crippen molar-refractivity contribution in [1.29, 1.82) is 0 Å². The first-order valence-corrected chi connectivity index (χ1v) is 5.89. The number of hydrogen-bond acceptors (Lipinski definition) is 4. The van der Waals surface area contributed by atoms with Crippen LogP contribution in [0.5, 0.6) is 0 Å². The summed E-state index contributed by atoms with van der Waals surface area (Å²) < 4.78 is 0. The van der Waals surface area contributed by atoms with Crippen LogP contribution in [0, 0.1) is 0 Å². The van der Waals surface area contributed by atoms with Crippen LogP contribution in [-0.2, 0) is 0 Å². The second kappa shape index (κ2) is 5.40. The predicted molar refractivity (Wildman–Crippen MR) is 73.4 cm³/mol. The fourth-order valence-electron chi connectivity index (χ4n) is 1.67. The van der Waals surface area contributed by atoms with Gasteiger partial charge >= 0.3 is 0 Å². The number of hydrogen-bond donors (Lipinski definition) is 3. The Morgan fingerprint density at radius 1 is 1.00 bits per heavy atom. The Hall–Kier alpha value is -2.89. The fraction of sp³-hybridized carbons (Fsp3) is 0.0714. The molecule has 20 heavy (non-hydrogen) atoms. The summed E-state index contributed by atoms with van der Waals surface area (Å²) in [5.74, 6) is -1.40. The summed E-state index contributed by atoms with van der Waals surface area (Å²) in [6, 6.07) is 9.36. The van der Waals surface area contributed by atoms with Gasteiger partial charge in [-0.15, -0.1) is 0 Å². The Balaban J connectivity index is 2.13. The number of nitrogens with one attached hydrogen (secondary N) is 2. The van der Waals surface area contributed by atoms with Gasteiger partial charge in [-0.25, -0.2) is 0 Å². The van der Waals surface area contributed by atoms with Crippen molar-refractivity contribution in [3.05, 3.63) is 53.3 Å². The molecule has 0 bridgehead atoms. The van der Waals surface area contributed by atoms with E-state index in [0.717, 1.165) is 0 Å². The van der Waals surface area contributed by atoms with Crippen LogP contribution in [0.4, 0.5) is 5.69 Å². The number of nitrogens with two attached hydrogens (primary N) is 1. The summed E-state index contributed by atoms with van der Waals surface area (Å²) in [5.41, 5.74) is 6.61. The highest BCUT2D eigenvalue weighted by molar-refractivity contribution is 6.12. The number of carbonyl (C=O) groups excluding carboxylic acids is 3. The van der Waals surface area contributed by atoms with Crippen LogP contribution in [0.1, 0.15) is 38.3 Å². The highest BCUT2D eigenvalue weighted by atomic mass is 16.2. The van der Waals surface area contributed by atoms with Gasteiger partial charge in [-0.2, -0.15) is 0 Å². The zero-order chi connectivity index (χ0) is 14.7. The van der Waals surface area contributed by atoms with E-state index in [9.17, 15) is 14.4 Å². The van der Waals surface area contributed by atoms with E-state index >= 15 is 0 Å². The summed E-state index contributed by atoms with van der Waals surface area (Å²) in [7, 11) is 0. The number of amides is 2. The second-order valence-corrected chi connectivity index (χ2v) is 4.21. The minimum Gasteiger partial charge on any atom is -0.398 e. The summed E-state index contributed by atoms with van der Waals surface area (Å²) in [6.45, 7) is 1.38. The average Bonchev–Trinajstić information content (AvgIpc) is 2.88. The zero-order valence-electron chi connectivity index (χ0n) is 10.8. The largest absolute Gasteiger partial charge is 0.398 e. The number of para-hydroxylation sites is 1. The maximum Gasteiger partial charge on any atom is 0.274 e. The highest BCUT2D eigenvalue weighted by Crippen LogP contribution is 2.10. The number of nitrogen functional groups attached to an aromatic ring is 1. The Morgan fingerprint density at radius 3 is 2.25 bits per heavy atom. The third-order valence-electron chi connectivity index (χ3n) is 2.74. The van der Waals surface area contributed by atoms with E-state index in [1.807, 2.05) is 0 Å². The van der Waals surface area contributed by atoms with Crippen molar-refractivity contribution in [2.24, 2.45) is 0 Å². The minimum atomic E-state index is -0.620. The van der Waals surface area contributed by atoms with Gasteiger partial charge in [0.05, 0.1) is 11.3 Å². The molecule has 0 spiro atoms. The third-order valence-corrected chi connectivity index (χ3v) is 2.74. The number of aromatic amines is 1. The van der Waals surface area contributed by atoms with Crippen molar-refractivity contribution >= 4 is 23.3 Å². The Morgan fingerprint density at radius 2 is 1.65 bits per heavy atom. The van der Waals surface area contributed by atoms with Crippen LogP contribution in [-0.4, -0.2) is 22.6 Å². The zero-order valence-corrected chi connectivity index (χ0v) is 10.8. The van der Waals surface area contributed by atoms with Gasteiger partial charge < -0.3 is 10.7 Å². The van der Waals surface area contributed by atoms with E-state index in [4.69, 9.17) is 5.73 Å². The molecule has 0 aliphatic rings. The summed E-state index contributed by atoms with van der Waals surface area (Å²) in [6.07, 6.45) is 0. The summed E-state index contributed by atoms with van der Waals surface area (Å²) in [5, 5.41) is 2.21. The van der Waals surface area contributed by atoms with Crippen molar-refractivity contribution < 1.29 is 14.4 Å². The molecule has 4 N–H and O–H groups in total. The lowest BCUT2D eigenvalue weighted by molar-refractivity contribution is 0.0847. The molecule has 0 fully saturated rings. The Bertz CT molecular complexity index is 688. The number of benzene rings is 1. The van der Waals surface area contributed by atoms with Crippen LogP contribution >= 0.6 is 0 Å². The molecule has 2 rings (SSSR count). The number of anilines is 1. The predicted octanol–water partition coefficient (Wildman–Crippen LogP) is 1.37. The highest BCUT2D eigenvalue weighted by Gasteiger charge is 2.16. The first-order chi connectivity index (χ1) is 9.49. The molecule has 0 aliphatic carbocycles. The number of rotatable bonds is 3. The van der Waals surface area contributed by atoms with Crippen LogP contribution in [0.2, 0.25) is 0 Å². The normalized spacial score (nSPS) is 10.1. The minimum absolute atomic E-state index is 0.137. The Labute approximate surface area is 115 Å². The van der Waals surface area contributed by atoms with Gasteiger partial charge in [0.1, 0.15) is 5.69 Å². The Kier molecular flexibility index (Phi) is 3.65. The van der Waals surface area contributed by atoms with Crippen LogP contribution in [0.3, 0.4) is 0 Å². The first kappa shape index (κ1) is 13.5. The van der Waals surface area contributed by atoms with Gasteiger partial charge in [0, 0.05) is 12.6 Å². The molecule has 0 radical (unpaired) electrons. The van der Waals surface area contributed by atoms with Crippen molar-refractivity contribution in [1.82, 2.24) is 10.3 Å². The number of aromatic nitrogens is 1. The smallest absolute Gasteiger partial charge is 0.274 e. The molecule has 102 valence electrons. The summed E-state index contributed by atoms with van der Waals surface area (Å²) in [4.78, 5) is 37.5. The second-order valence-electron chi connectivity index (χ2n) is 4.21.